The molecule has 1 heterocycles. The number of aliphatic hydroxyl groups is 1. The largest absolute Gasteiger partial charge is 0.573 e. The van der Waals surface area contributed by atoms with Gasteiger partial charge in [0.05, 0.1) is 13.2 Å². The third kappa shape index (κ3) is 6.02. The van der Waals surface area contributed by atoms with Gasteiger partial charge in [0.2, 0.25) is 0 Å². The summed E-state index contributed by atoms with van der Waals surface area (Å²) >= 11 is 0. The Bertz CT molecular complexity index is 826. The van der Waals surface area contributed by atoms with Crippen molar-refractivity contribution in [2.45, 2.75) is 25.5 Å². The van der Waals surface area contributed by atoms with Gasteiger partial charge in [-0.1, -0.05) is 24.3 Å². The molecule has 1 saturated heterocycles. The van der Waals surface area contributed by atoms with Gasteiger partial charge in [-0.2, -0.15) is 0 Å². The predicted octanol–water partition coefficient (Wildman–Crippen LogP) is 3.14. The fraction of sp³-hybridized carbons (Fsp3) is 0.350. The number of carbonyl (C=O) groups excluding carboxylic acids is 1. The van der Waals surface area contributed by atoms with E-state index in [0.29, 0.717) is 18.7 Å². The van der Waals surface area contributed by atoms with Crippen LogP contribution in [-0.4, -0.2) is 48.1 Å². The third-order valence-corrected chi connectivity index (χ3v) is 4.33. The number of carbonyl (C=O) groups is 1. The Morgan fingerprint density at radius 2 is 1.79 bits per heavy atom. The first-order valence-electron chi connectivity index (χ1n) is 8.96. The highest BCUT2D eigenvalue weighted by Crippen LogP contribution is 2.33. The topological polar surface area (TPSA) is 68.2 Å². The molecule has 1 aliphatic rings. The molecule has 0 unspecified atom stereocenters. The zero-order valence-electron chi connectivity index (χ0n) is 15.4. The van der Waals surface area contributed by atoms with Crippen molar-refractivity contribution < 1.29 is 37.3 Å². The zero-order chi connectivity index (χ0) is 20.9. The molecule has 0 saturated carbocycles. The van der Waals surface area contributed by atoms with Crippen LogP contribution in [0.2, 0.25) is 0 Å². The van der Waals surface area contributed by atoms with Gasteiger partial charge in [0.25, 0.3) is 5.91 Å². The van der Waals surface area contributed by atoms with Crippen molar-refractivity contribution in [2.24, 2.45) is 0 Å². The van der Waals surface area contributed by atoms with E-state index in [-0.39, 0.29) is 31.4 Å². The molecule has 0 radical (unpaired) electrons. The van der Waals surface area contributed by atoms with E-state index in [4.69, 9.17) is 14.6 Å². The molecule has 0 aliphatic carbocycles. The Morgan fingerprint density at radius 3 is 2.45 bits per heavy atom. The Labute approximate surface area is 165 Å². The number of hydrogen-bond donors (Lipinski definition) is 1. The molecule has 6 nitrogen and oxygen atoms in total. The van der Waals surface area contributed by atoms with E-state index >= 15 is 0 Å². The summed E-state index contributed by atoms with van der Waals surface area (Å²) < 4.78 is 52.6. The highest BCUT2D eigenvalue weighted by molar-refractivity contribution is 5.78. The number of hydrogen-bond acceptors (Lipinski definition) is 5. The summed E-state index contributed by atoms with van der Waals surface area (Å²) in [4.78, 5) is 13.9. The zero-order valence-corrected chi connectivity index (χ0v) is 15.4. The standard InChI is InChI=1S/C20H20F3NO5/c21-20(22,23)29-18-4-2-1-3-17(18)28-16-9-10-24(11-16)19(26)13-27-15-7-5-14(12-25)6-8-15/h1-8,16,25H,9-13H2/t16-/m0/s1. The number of halogens is 3. The number of rotatable bonds is 7. The molecule has 0 spiro atoms. The maximum atomic E-state index is 12.5. The van der Waals surface area contributed by atoms with Crippen LogP contribution in [0.1, 0.15) is 12.0 Å². The summed E-state index contributed by atoms with van der Waals surface area (Å²) in [6.07, 6.45) is -4.78. The minimum Gasteiger partial charge on any atom is -0.485 e. The van der Waals surface area contributed by atoms with Crippen molar-refractivity contribution in [3.8, 4) is 17.2 Å². The highest BCUT2D eigenvalue weighted by atomic mass is 19.4. The van der Waals surface area contributed by atoms with Crippen LogP contribution < -0.4 is 14.2 Å². The first-order valence-corrected chi connectivity index (χ1v) is 8.96. The van der Waals surface area contributed by atoms with E-state index in [2.05, 4.69) is 4.74 Å². The number of aliphatic hydroxyl groups excluding tert-OH is 1. The van der Waals surface area contributed by atoms with Crippen LogP contribution in [-0.2, 0) is 11.4 Å². The molecule has 29 heavy (non-hydrogen) atoms. The molecular formula is C20H20F3NO5. The molecule has 0 aromatic heterocycles. The van der Waals surface area contributed by atoms with Crippen molar-refractivity contribution in [3.63, 3.8) is 0 Å². The summed E-state index contributed by atoms with van der Waals surface area (Å²) in [5.41, 5.74) is 0.734. The van der Waals surface area contributed by atoms with E-state index in [1.807, 2.05) is 0 Å². The van der Waals surface area contributed by atoms with Gasteiger partial charge >= 0.3 is 6.36 Å². The molecule has 1 aliphatic heterocycles. The minimum absolute atomic E-state index is 0.0238. The van der Waals surface area contributed by atoms with Gasteiger partial charge in [-0.25, -0.2) is 0 Å². The van der Waals surface area contributed by atoms with Gasteiger partial charge in [-0.05, 0) is 29.8 Å². The number of amides is 1. The molecule has 156 valence electrons. The molecule has 3 rings (SSSR count). The van der Waals surface area contributed by atoms with Gasteiger partial charge in [0, 0.05) is 13.0 Å². The van der Waals surface area contributed by atoms with Gasteiger partial charge in [0.15, 0.2) is 18.1 Å². The highest BCUT2D eigenvalue weighted by Gasteiger charge is 2.33. The first kappa shape index (κ1) is 20.8. The van der Waals surface area contributed by atoms with E-state index in [9.17, 15) is 18.0 Å². The number of ether oxygens (including phenoxy) is 3. The van der Waals surface area contributed by atoms with Crippen LogP contribution in [0.4, 0.5) is 13.2 Å². The number of alkyl halides is 3. The van der Waals surface area contributed by atoms with E-state index in [0.717, 1.165) is 5.56 Å². The van der Waals surface area contributed by atoms with Crippen molar-refractivity contribution in [3.05, 3.63) is 54.1 Å². The van der Waals surface area contributed by atoms with Gasteiger partial charge in [0.1, 0.15) is 11.9 Å². The summed E-state index contributed by atoms with van der Waals surface area (Å²) in [5, 5.41) is 9.02. The monoisotopic (exact) mass is 411 g/mol. The molecule has 1 N–H and O–H groups in total. The molecule has 9 heteroatoms. The molecule has 2 aromatic rings. The fourth-order valence-electron chi connectivity index (χ4n) is 2.91. The lowest BCUT2D eigenvalue weighted by Crippen LogP contribution is -2.34. The second-order valence-electron chi connectivity index (χ2n) is 6.45. The summed E-state index contributed by atoms with van der Waals surface area (Å²) in [7, 11) is 0. The average Bonchev–Trinajstić information content (AvgIpc) is 3.15. The molecular weight excluding hydrogens is 391 g/mol. The summed E-state index contributed by atoms with van der Waals surface area (Å²) in [6, 6.07) is 12.2. The van der Waals surface area contributed by atoms with Crippen molar-refractivity contribution in [1.82, 2.24) is 4.90 Å². The second kappa shape index (κ2) is 9.04. The first-order chi connectivity index (χ1) is 13.8. The smallest absolute Gasteiger partial charge is 0.485 e. The van der Waals surface area contributed by atoms with Crippen molar-refractivity contribution in [1.29, 1.82) is 0 Å². The maximum absolute atomic E-state index is 12.5. The van der Waals surface area contributed by atoms with E-state index in [1.165, 1.54) is 18.2 Å². The molecule has 1 fully saturated rings. The van der Waals surface area contributed by atoms with E-state index < -0.39 is 18.2 Å². The quantitative estimate of drug-likeness (QED) is 0.758. The lowest BCUT2D eigenvalue weighted by Gasteiger charge is -2.19. The SMILES string of the molecule is O=C(COc1ccc(CO)cc1)N1CC[C@H](Oc2ccccc2OC(F)(F)F)C1. The average molecular weight is 411 g/mol. The van der Waals surface area contributed by atoms with Crippen LogP contribution in [0.3, 0.4) is 0 Å². The van der Waals surface area contributed by atoms with Crippen LogP contribution in [0.5, 0.6) is 17.2 Å². The van der Waals surface area contributed by atoms with Gasteiger partial charge in [-0.15, -0.1) is 13.2 Å². The second-order valence-corrected chi connectivity index (χ2v) is 6.45. The maximum Gasteiger partial charge on any atom is 0.573 e. The third-order valence-electron chi connectivity index (χ3n) is 4.33. The minimum atomic E-state index is -4.82. The Hall–Kier alpha value is -2.94. The Balaban J connectivity index is 1.51. The summed E-state index contributed by atoms with van der Waals surface area (Å²) in [6.45, 7) is 0.412. The van der Waals surface area contributed by atoms with Crippen LogP contribution >= 0.6 is 0 Å². The number of benzene rings is 2. The van der Waals surface area contributed by atoms with Crippen LogP contribution in [0.25, 0.3) is 0 Å². The number of likely N-dealkylation sites (tertiary alicyclic amines) is 1. The molecule has 2 aromatic carbocycles. The molecule has 1 atom stereocenters. The number of para-hydroxylation sites is 2. The van der Waals surface area contributed by atoms with Crippen LogP contribution in [0.15, 0.2) is 48.5 Å². The van der Waals surface area contributed by atoms with Crippen molar-refractivity contribution >= 4 is 5.91 Å². The van der Waals surface area contributed by atoms with Gasteiger partial charge < -0.3 is 24.2 Å². The molecule has 1 amide bonds. The Kier molecular flexibility index (Phi) is 6.48. The fourth-order valence-corrected chi connectivity index (χ4v) is 2.91. The van der Waals surface area contributed by atoms with Gasteiger partial charge in [-0.3, -0.25) is 4.79 Å². The Morgan fingerprint density at radius 1 is 1.10 bits per heavy atom. The lowest BCUT2D eigenvalue weighted by atomic mass is 10.2. The normalized spacial score (nSPS) is 16.6. The number of nitrogens with zero attached hydrogens (tertiary/aromatic N) is 1. The van der Waals surface area contributed by atoms with Crippen LogP contribution in [0, 0.1) is 0 Å². The molecule has 0 bridgehead atoms. The lowest BCUT2D eigenvalue weighted by molar-refractivity contribution is -0.275. The van der Waals surface area contributed by atoms with E-state index in [1.54, 1.807) is 35.2 Å². The summed E-state index contributed by atoms with van der Waals surface area (Å²) in [5.74, 6) is -0.188. The van der Waals surface area contributed by atoms with Crippen molar-refractivity contribution in [2.75, 3.05) is 19.7 Å². The predicted molar refractivity (Wildman–Crippen MR) is 96.6 cm³/mol.